The molecule has 2 rings (SSSR count). The van der Waals surface area contributed by atoms with Gasteiger partial charge in [-0.3, -0.25) is 0 Å². The number of aromatic nitrogens is 1. The molecule has 0 amide bonds. The molecule has 0 spiro atoms. The van der Waals surface area contributed by atoms with E-state index >= 15 is 0 Å². The minimum Gasteiger partial charge on any atom is -0.242 e. The van der Waals surface area contributed by atoms with Gasteiger partial charge in [0.2, 0.25) is 0 Å². The van der Waals surface area contributed by atoms with Gasteiger partial charge in [-0.25, -0.2) is 4.98 Å². The van der Waals surface area contributed by atoms with Crippen LogP contribution in [-0.4, -0.2) is 4.98 Å². The van der Waals surface area contributed by atoms with Crippen LogP contribution in [0.2, 0.25) is 0 Å². The van der Waals surface area contributed by atoms with Crippen molar-refractivity contribution in [2.45, 2.75) is 6.92 Å². The summed E-state index contributed by atoms with van der Waals surface area (Å²) in [6, 6.07) is 8.87. The van der Waals surface area contributed by atoms with E-state index in [-0.39, 0.29) is 0 Å². The van der Waals surface area contributed by atoms with Crippen LogP contribution in [-0.2, 0) is 0 Å². The van der Waals surface area contributed by atoms with Gasteiger partial charge in [-0.15, -0.1) is 11.3 Å². The standard InChI is InChI=1S/C8H6NS/c1-6-9-7-4-2-3-5-8(7)10-6/h2,4-5H,1H3. The van der Waals surface area contributed by atoms with Gasteiger partial charge in [-0.1, -0.05) is 6.07 Å². The van der Waals surface area contributed by atoms with E-state index in [4.69, 9.17) is 0 Å². The molecule has 0 fully saturated rings. The van der Waals surface area contributed by atoms with Gasteiger partial charge in [-0.05, 0) is 25.1 Å². The molecule has 0 aliphatic carbocycles. The first-order chi connectivity index (χ1) is 4.86. The molecule has 0 aliphatic rings. The lowest BCUT2D eigenvalue weighted by Crippen LogP contribution is -1.65. The van der Waals surface area contributed by atoms with Crippen LogP contribution in [0.15, 0.2) is 18.2 Å². The number of nitrogens with zero attached hydrogens (tertiary/aromatic N) is 1. The highest BCUT2D eigenvalue weighted by molar-refractivity contribution is 7.18. The second-order valence-electron chi connectivity index (χ2n) is 2.13. The Morgan fingerprint density at radius 2 is 2.50 bits per heavy atom. The topological polar surface area (TPSA) is 12.9 Å². The Bertz CT molecular complexity index is 318. The van der Waals surface area contributed by atoms with Crippen LogP contribution in [0.4, 0.5) is 0 Å². The third-order valence-electron chi connectivity index (χ3n) is 1.34. The molecule has 1 nitrogen and oxygen atoms in total. The van der Waals surface area contributed by atoms with Gasteiger partial charge in [0.05, 0.1) is 15.2 Å². The fourth-order valence-corrected chi connectivity index (χ4v) is 1.74. The molecule has 1 aromatic carbocycles. The molecule has 0 saturated carbocycles. The minimum absolute atomic E-state index is 1.08. The maximum absolute atomic E-state index is 4.31. The second-order valence-corrected chi connectivity index (χ2v) is 3.36. The van der Waals surface area contributed by atoms with E-state index in [0.29, 0.717) is 0 Å². The molecular weight excluding hydrogens is 142 g/mol. The minimum atomic E-state index is 1.08. The van der Waals surface area contributed by atoms with Crippen LogP contribution in [0.25, 0.3) is 10.2 Å². The van der Waals surface area contributed by atoms with Gasteiger partial charge in [0.1, 0.15) is 0 Å². The van der Waals surface area contributed by atoms with Gasteiger partial charge in [0, 0.05) is 0 Å². The van der Waals surface area contributed by atoms with E-state index < -0.39 is 0 Å². The summed E-state index contributed by atoms with van der Waals surface area (Å²) >= 11 is 1.71. The van der Waals surface area contributed by atoms with Crippen LogP contribution in [0, 0.1) is 13.0 Å². The first-order valence-corrected chi connectivity index (χ1v) is 3.91. The van der Waals surface area contributed by atoms with Crippen molar-refractivity contribution in [3.8, 4) is 0 Å². The number of fused-ring (bicyclic) bond motifs is 1. The summed E-state index contributed by atoms with van der Waals surface area (Å²) in [7, 11) is 0. The highest BCUT2D eigenvalue weighted by Gasteiger charge is 1.95. The molecule has 0 N–H and O–H groups in total. The average Bonchev–Trinajstić information content (AvgIpc) is 2.27. The van der Waals surface area contributed by atoms with Gasteiger partial charge in [0.25, 0.3) is 0 Å². The maximum atomic E-state index is 4.31. The van der Waals surface area contributed by atoms with E-state index in [2.05, 4.69) is 11.1 Å². The normalized spacial score (nSPS) is 10.5. The van der Waals surface area contributed by atoms with Crippen molar-refractivity contribution < 1.29 is 0 Å². The van der Waals surface area contributed by atoms with Crippen LogP contribution in [0.1, 0.15) is 5.01 Å². The molecule has 0 atom stereocenters. The largest absolute Gasteiger partial charge is 0.242 e. The molecule has 0 saturated heterocycles. The lowest BCUT2D eigenvalue weighted by Gasteiger charge is -1.79. The van der Waals surface area contributed by atoms with E-state index in [9.17, 15) is 0 Å². The van der Waals surface area contributed by atoms with Gasteiger partial charge in [0.15, 0.2) is 0 Å². The molecule has 0 bridgehead atoms. The molecule has 2 aromatic rings. The van der Waals surface area contributed by atoms with Gasteiger partial charge < -0.3 is 0 Å². The molecule has 10 heavy (non-hydrogen) atoms. The van der Waals surface area contributed by atoms with E-state index in [1.54, 1.807) is 11.3 Å². The highest BCUT2D eigenvalue weighted by atomic mass is 32.1. The first-order valence-electron chi connectivity index (χ1n) is 3.09. The van der Waals surface area contributed by atoms with E-state index in [1.165, 1.54) is 4.70 Å². The molecule has 49 valence electrons. The van der Waals surface area contributed by atoms with Crippen molar-refractivity contribution in [3.05, 3.63) is 29.3 Å². The van der Waals surface area contributed by atoms with Crippen molar-refractivity contribution in [2.24, 2.45) is 0 Å². The zero-order valence-electron chi connectivity index (χ0n) is 5.59. The van der Waals surface area contributed by atoms with Crippen LogP contribution >= 0.6 is 11.3 Å². The fraction of sp³-hybridized carbons (Fsp3) is 0.125. The number of aryl methyl sites for hydroxylation is 1. The van der Waals surface area contributed by atoms with Crippen molar-refractivity contribution in [2.75, 3.05) is 0 Å². The first kappa shape index (κ1) is 5.86. The third-order valence-corrected chi connectivity index (χ3v) is 2.27. The summed E-state index contributed by atoms with van der Waals surface area (Å²) < 4.78 is 1.22. The molecular formula is C8H6NS. The lowest BCUT2D eigenvalue weighted by atomic mass is 10.3. The number of hydrogen-bond donors (Lipinski definition) is 0. The van der Waals surface area contributed by atoms with Gasteiger partial charge >= 0.3 is 0 Å². The Morgan fingerprint density at radius 1 is 1.60 bits per heavy atom. The molecule has 0 unspecified atom stereocenters. The van der Waals surface area contributed by atoms with Crippen molar-refractivity contribution in [1.82, 2.24) is 4.98 Å². The summed E-state index contributed by atoms with van der Waals surface area (Å²) in [4.78, 5) is 4.31. The Kier molecular flexibility index (Phi) is 1.21. The van der Waals surface area contributed by atoms with Crippen LogP contribution in [0.5, 0.6) is 0 Å². The zero-order valence-corrected chi connectivity index (χ0v) is 6.40. The number of benzene rings is 1. The fourth-order valence-electron chi connectivity index (χ4n) is 0.933. The van der Waals surface area contributed by atoms with Crippen LogP contribution in [0.3, 0.4) is 0 Å². The monoisotopic (exact) mass is 148 g/mol. The quantitative estimate of drug-likeness (QED) is 0.559. The lowest BCUT2D eigenvalue weighted by molar-refractivity contribution is 1.35. The smallest absolute Gasteiger partial charge is 0.0907 e. The number of hydrogen-bond acceptors (Lipinski definition) is 2. The number of thiazole rings is 1. The zero-order chi connectivity index (χ0) is 6.97. The predicted octanol–water partition coefficient (Wildman–Crippen LogP) is 2.40. The Balaban J connectivity index is 2.88. The van der Waals surface area contributed by atoms with Crippen LogP contribution < -0.4 is 0 Å². The Hall–Kier alpha value is -0.890. The predicted molar refractivity (Wildman–Crippen MR) is 43.2 cm³/mol. The molecule has 1 aromatic heterocycles. The van der Waals surface area contributed by atoms with E-state index in [0.717, 1.165) is 10.5 Å². The summed E-state index contributed by atoms with van der Waals surface area (Å²) in [6.07, 6.45) is 0. The summed E-state index contributed by atoms with van der Waals surface area (Å²) in [5.41, 5.74) is 1.08. The molecule has 2 heteroatoms. The summed E-state index contributed by atoms with van der Waals surface area (Å²) in [5, 5.41) is 1.12. The van der Waals surface area contributed by atoms with Gasteiger partial charge in [-0.2, -0.15) is 0 Å². The SMILES string of the molecule is Cc1nc2cc[c]cc2s1. The molecule has 0 aliphatic heterocycles. The highest BCUT2D eigenvalue weighted by Crippen LogP contribution is 2.19. The van der Waals surface area contributed by atoms with Crippen molar-refractivity contribution in [1.29, 1.82) is 0 Å². The van der Waals surface area contributed by atoms with Crippen molar-refractivity contribution in [3.63, 3.8) is 0 Å². The van der Waals surface area contributed by atoms with Crippen molar-refractivity contribution >= 4 is 21.6 Å². The summed E-state index contributed by atoms with van der Waals surface area (Å²) in [5.74, 6) is 0. The molecule has 1 heterocycles. The average molecular weight is 148 g/mol. The Labute approximate surface area is 63.3 Å². The Morgan fingerprint density at radius 3 is 3.30 bits per heavy atom. The number of rotatable bonds is 0. The summed E-state index contributed by atoms with van der Waals surface area (Å²) in [6.45, 7) is 2.02. The molecule has 1 radical (unpaired) electrons. The third kappa shape index (κ3) is 0.809. The maximum Gasteiger partial charge on any atom is 0.0907 e. The second kappa shape index (κ2) is 2.06. The van der Waals surface area contributed by atoms with E-state index in [1.807, 2.05) is 25.1 Å².